The highest BCUT2D eigenvalue weighted by molar-refractivity contribution is 9.10. The lowest BCUT2D eigenvalue weighted by molar-refractivity contribution is 0.621. The van der Waals surface area contributed by atoms with Crippen molar-refractivity contribution < 1.29 is 4.39 Å². The highest BCUT2D eigenvalue weighted by Gasteiger charge is 2.11. The molecule has 3 heteroatoms. The SMILES string of the molecule is CCC(Nc1ccc(C)cc1Br)c1cccc(F)c1. The van der Waals surface area contributed by atoms with Gasteiger partial charge in [-0.1, -0.05) is 25.1 Å². The molecule has 1 N–H and O–H groups in total. The summed E-state index contributed by atoms with van der Waals surface area (Å²) in [5.74, 6) is -0.194. The first-order valence-electron chi connectivity index (χ1n) is 6.38. The lowest BCUT2D eigenvalue weighted by Gasteiger charge is -2.20. The zero-order chi connectivity index (χ0) is 13.8. The Hall–Kier alpha value is -1.35. The Bertz CT molecular complexity index is 568. The summed E-state index contributed by atoms with van der Waals surface area (Å²) >= 11 is 3.56. The molecule has 1 nitrogen and oxygen atoms in total. The van der Waals surface area contributed by atoms with Gasteiger partial charge in [-0.25, -0.2) is 4.39 Å². The van der Waals surface area contributed by atoms with Crippen LogP contribution in [0.15, 0.2) is 46.9 Å². The molecule has 0 aliphatic rings. The number of anilines is 1. The summed E-state index contributed by atoms with van der Waals surface area (Å²) in [7, 11) is 0. The molecule has 0 saturated heterocycles. The number of benzene rings is 2. The molecule has 2 aromatic rings. The van der Waals surface area contributed by atoms with Crippen LogP contribution in [0, 0.1) is 12.7 Å². The summed E-state index contributed by atoms with van der Waals surface area (Å²) in [6, 6.07) is 13.0. The van der Waals surface area contributed by atoms with E-state index in [4.69, 9.17) is 0 Å². The number of hydrogen-bond acceptors (Lipinski definition) is 1. The van der Waals surface area contributed by atoms with E-state index >= 15 is 0 Å². The lowest BCUT2D eigenvalue weighted by Crippen LogP contribution is -2.10. The highest BCUT2D eigenvalue weighted by Crippen LogP contribution is 2.29. The van der Waals surface area contributed by atoms with Crippen molar-refractivity contribution in [1.82, 2.24) is 0 Å². The van der Waals surface area contributed by atoms with Gasteiger partial charge in [0.2, 0.25) is 0 Å². The van der Waals surface area contributed by atoms with E-state index in [2.05, 4.69) is 47.2 Å². The fourth-order valence-electron chi connectivity index (χ4n) is 2.07. The van der Waals surface area contributed by atoms with Gasteiger partial charge in [0.15, 0.2) is 0 Å². The van der Waals surface area contributed by atoms with Gasteiger partial charge in [-0.15, -0.1) is 0 Å². The Morgan fingerprint density at radius 1 is 1.21 bits per heavy atom. The van der Waals surface area contributed by atoms with Gasteiger partial charge in [0.1, 0.15) is 5.82 Å². The number of hydrogen-bond donors (Lipinski definition) is 1. The van der Waals surface area contributed by atoms with Gasteiger partial charge in [0.25, 0.3) is 0 Å². The molecule has 0 bridgehead atoms. The molecule has 0 aliphatic carbocycles. The minimum atomic E-state index is -0.194. The van der Waals surface area contributed by atoms with Crippen LogP contribution in [-0.4, -0.2) is 0 Å². The van der Waals surface area contributed by atoms with Crippen LogP contribution in [0.1, 0.15) is 30.5 Å². The number of halogens is 2. The van der Waals surface area contributed by atoms with E-state index in [1.807, 2.05) is 12.1 Å². The molecule has 100 valence electrons. The average Bonchev–Trinajstić information content (AvgIpc) is 2.38. The topological polar surface area (TPSA) is 12.0 Å². The molecular weight excluding hydrogens is 305 g/mol. The van der Waals surface area contributed by atoms with Crippen LogP contribution in [0.25, 0.3) is 0 Å². The summed E-state index contributed by atoms with van der Waals surface area (Å²) in [6.45, 7) is 4.14. The number of nitrogens with one attached hydrogen (secondary N) is 1. The van der Waals surface area contributed by atoms with Gasteiger partial charge in [0, 0.05) is 10.2 Å². The van der Waals surface area contributed by atoms with E-state index in [-0.39, 0.29) is 11.9 Å². The lowest BCUT2D eigenvalue weighted by atomic mass is 10.0. The average molecular weight is 322 g/mol. The molecule has 1 atom stereocenters. The van der Waals surface area contributed by atoms with Crippen molar-refractivity contribution in [3.05, 3.63) is 63.9 Å². The number of aryl methyl sites for hydroxylation is 1. The second kappa shape index (κ2) is 6.20. The van der Waals surface area contributed by atoms with Crippen molar-refractivity contribution in [2.45, 2.75) is 26.3 Å². The van der Waals surface area contributed by atoms with Crippen molar-refractivity contribution in [3.8, 4) is 0 Å². The second-order valence-corrected chi connectivity index (χ2v) is 5.50. The molecule has 0 amide bonds. The van der Waals surface area contributed by atoms with Gasteiger partial charge in [-0.3, -0.25) is 0 Å². The van der Waals surface area contributed by atoms with Gasteiger partial charge in [-0.05, 0) is 64.7 Å². The van der Waals surface area contributed by atoms with Crippen LogP contribution < -0.4 is 5.32 Å². The van der Waals surface area contributed by atoms with Crippen LogP contribution in [0.3, 0.4) is 0 Å². The molecule has 1 unspecified atom stereocenters. The predicted octanol–water partition coefficient (Wildman–Crippen LogP) is 5.46. The molecule has 0 saturated carbocycles. The summed E-state index contributed by atoms with van der Waals surface area (Å²) in [4.78, 5) is 0. The highest BCUT2D eigenvalue weighted by atomic mass is 79.9. The summed E-state index contributed by atoms with van der Waals surface area (Å²) in [5, 5.41) is 3.45. The van der Waals surface area contributed by atoms with Crippen LogP contribution in [0.4, 0.5) is 10.1 Å². The van der Waals surface area contributed by atoms with Crippen molar-refractivity contribution in [2.75, 3.05) is 5.32 Å². The molecular formula is C16H17BrFN. The third kappa shape index (κ3) is 3.57. The van der Waals surface area contributed by atoms with Crippen molar-refractivity contribution in [3.63, 3.8) is 0 Å². The van der Waals surface area contributed by atoms with Gasteiger partial charge < -0.3 is 5.32 Å². The smallest absolute Gasteiger partial charge is 0.123 e. The Balaban J connectivity index is 2.24. The third-order valence-corrected chi connectivity index (χ3v) is 3.77. The molecule has 0 aromatic heterocycles. The number of rotatable bonds is 4. The molecule has 2 aromatic carbocycles. The van der Waals surface area contributed by atoms with E-state index in [9.17, 15) is 4.39 Å². The zero-order valence-electron chi connectivity index (χ0n) is 11.1. The minimum Gasteiger partial charge on any atom is -0.377 e. The van der Waals surface area contributed by atoms with Crippen molar-refractivity contribution in [1.29, 1.82) is 0 Å². The van der Waals surface area contributed by atoms with Crippen LogP contribution in [-0.2, 0) is 0 Å². The molecule has 19 heavy (non-hydrogen) atoms. The summed E-state index contributed by atoms with van der Waals surface area (Å²) in [6.07, 6.45) is 0.893. The molecule has 2 rings (SSSR count). The predicted molar refractivity (Wildman–Crippen MR) is 81.9 cm³/mol. The van der Waals surface area contributed by atoms with E-state index in [0.29, 0.717) is 0 Å². The van der Waals surface area contributed by atoms with Crippen LogP contribution in [0.2, 0.25) is 0 Å². The monoisotopic (exact) mass is 321 g/mol. The fourth-order valence-corrected chi connectivity index (χ4v) is 2.68. The maximum Gasteiger partial charge on any atom is 0.123 e. The first-order chi connectivity index (χ1) is 9.10. The van der Waals surface area contributed by atoms with Gasteiger partial charge in [-0.2, -0.15) is 0 Å². The van der Waals surface area contributed by atoms with E-state index in [1.165, 1.54) is 11.6 Å². The molecule has 0 spiro atoms. The van der Waals surface area contributed by atoms with Crippen LogP contribution in [0.5, 0.6) is 0 Å². The molecule has 0 heterocycles. The minimum absolute atomic E-state index is 0.106. The third-order valence-electron chi connectivity index (χ3n) is 3.11. The zero-order valence-corrected chi connectivity index (χ0v) is 12.7. The summed E-state index contributed by atoms with van der Waals surface area (Å²) in [5.41, 5.74) is 3.20. The first kappa shape index (κ1) is 14.1. The Morgan fingerprint density at radius 2 is 2.00 bits per heavy atom. The Morgan fingerprint density at radius 3 is 2.63 bits per heavy atom. The quantitative estimate of drug-likeness (QED) is 0.788. The normalized spacial score (nSPS) is 12.2. The van der Waals surface area contributed by atoms with Crippen molar-refractivity contribution in [2.24, 2.45) is 0 Å². The standard InChI is InChI=1S/C16H17BrFN/c1-3-15(12-5-4-6-13(18)10-12)19-16-8-7-11(2)9-14(16)17/h4-10,15,19H,3H2,1-2H3. The van der Waals surface area contributed by atoms with E-state index in [0.717, 1.165) is 22.1 Å². The molecule has 0 fully saturated rings. The van der Waals surface area contributed by atoms with Gasteiger partial charge >= 0.3 is 0 Å². The molecule has 0 aliphatic heterocycles. The first-order valence-corrected chi connectivity index (χ1v) is 7.17. The Kier molecular flexibility index (Phi) is 4.59. The maximum absolute atomic E-state index is 13.3. The Labute approximate surface area is 122 Å². The second-order valence-electron chi connectivity index (χ2n) is 4.64. The maximum atomic E-state index is 13.3. The van der Waals surface area contributed by atoms with E-state index in [1.54, 1.807) is 12.1 Å². The van der Waals surface area contributed by atoms with Crippen LogP contribution >= 0.6 is 15.9 Å². The largest absolute Gasteiger partial charge is 0.377 e. The van der Waals surface area contributed by atoms with E-state index < -0.39 is 0 Å². The summed E-state index contributed by atoms with van der Waals surface area (Å²) < 4.78 is 14.3. The molecule has 0 radical (unpaired) electrons. The van der Waals surface area contributed by atoms with Gasteiger partial charge in [0.05, 0.1) is 6.04 Å². The van der Waals surface area contributed by atoms with Crippen molar-refractivity contribution >= 4 is 21.6 Å². The fraction of sp³-hybridized carbons (Fsp3) is 0.250.